The molecule has 1 fully saturated rings. The fourth-order valence-corrected chi connectivity index (χ4v) is 3.27. The number of nitrogens with zero attached hydrogens (tertiary/aromatic N) is 2. The fourth-order valence-electron chi connectivity index (χ4n) is 3.27. The monoisotopic (exact) mass is 350 g/mol. The molecule has 1 amide bonds. The number of para-hydroxylation sites is 1. The number of piperazine rings is 1. The van der Waals surface area contributed by atoms with Gasteiger partial charge in [0.2, 0.25) is 5.91 Å². The Morgan fingerprint density at radius 3 is 3.00 bits per heavy atom. The summed E-state index contributed by atoms with van der Waals surface area (Å²) in [6, 6.07) is 15.6. The van der Waals surface area contributed by atoms with Crippen LogP contribution in [0.3, 0.4) is 0 Å². The molecule has 0 spiro atoms. The van der Waals surface area contributed by atoms with E-state index in [1.54, 1.807) is 6.20 Å². The van der Waals surface area contributed by atoms with Crippen LogP contribution >= 0.6 is 0 Å². The third-order valence-corrected chi connectivity index (χ3v) is 4.60. The zero-order chi connectivity index (χ0) is 17.8. The second kappa shape index (κ2) is 7.68. The largest absolute Gasteiger partial charge is 0.460 e. The van der Waals surface area contributed by atoms with Gasteiger partial charge >= 0.3 is 0 Å². The summed E-state index contributed by atoms with van der Waals surface area (Å²) >= 11 is 0. The molecule has 1 aliphatic rings. The van der Waals surface area contributed by atoms with Gasteiger partial charge in [-0.15, -0.1) is 0 Å². The molecule has 2 N–H and O–H groups in total. The lowest BCUT2D eigenvalue weighted by Crippen LogP contribution is -2.56. The minimum absolute atomic E-state index is 0.00459. The van der Waals surface area contributed by atoms with Crippen LogP contribution in [0.1, 0.15) is 11.5 Å². The quantitative estimate of drug-likeness (QED) is 0.736. The number of carbonyl (C=O) groups is 1. The number of fused-ring (bicyclic) bond motifs is 1. The van der Waals surface area contributed by atoms with Gasteiger partial charge in [0.15, 0.2) is 0 Å². The summed E-state index contributed by atoms with van der Waals surface area (Å²) in [7, 11) is 0. The molecule has 1 aliphatic heterocycles. The van der Waals surface area contributed by atoms with E-state index in [4.69, 9.17) is 4.42 Å². The highest BCUT2D eigenvalue weighted by Crippen LogP contribution is 2.20. The lowest BCUT2D eigenvalue weighted by atomic mass is 10.2. The van der Waals surface area contributed by atoms with Crippen LogP contribution in [0.15, 0.2) is 59.1 Å². The van der Waals surface area contributed by atoms with Gasteiger partial charge in [-0.25, -0.2) is 0 Å². The first-order chi connectivity index (χ1) is 12.8. The summed E-state index contributed by atoms with van der Waals surface area (Å²) in [6.07, 6.45) is 1.73. The van der Waals surface area contributed by atoms with Crippen molar-refractivity contribution in [2.75, 3.05) is 19.6 Å². The van der Waals surface area contributed by atoms with Crippen LogP contribution in [0.4, 0.5) is 0 Å². The van der Waals surface area contributed by atoms with Gasteiger partial charge in [-0.3, -0.25) is 14.7 Å². The van der Waals surface area contributed by atoms with Crippen molar-refractivity contribution in [2.45, 2.75) is 19.1 Å². The van der Waals surface area contributed by atoms with E-state index in [-0.39, 0.29) is 11.9 Å². The predicted octanol–water partition coefficient (Wildman–Crippen LogP) is 1.92. The molecular weight excluding hydrogens is 328 g/mol. The zero-order valence-electron chi connectivity index (χ0n) is 14.5. The molecule has 6 nitrogen and oxygen atoms in total. The van der Waals surface area contributed by atoms with Gasteiger partial charge < -0.3 is 15.1 Å². The van der Waals surface area contributed by atoms with Gasteiger partial charge in [0.25, 0.3) is 0 Å². The summed E-state index contributed by atoms with van der Waals surface area (Å²) in [4.78, 5) is 18.9. The summed E-state index contributed by atoms with van der Waals surface area (Å²) in [5, 5.41) is 7.37. The summed E-state index contributed by atoms with van der Waals surface area (Å²) in [6.45, 7) is 3.48. The van der Waals surface area contributed by atoms with E-state index >= 15 is 0 Å². The van der Waals surface area contributed by atoms with Crippen molar-refractivity contribution in [2.24, 2.45) is 0 Å². The number of nitrogens with one attached hydrogen (secondary N) is 2. The molecule has 2 aromatic heterocycles. The van der Waals surface area contributed by atoms with E-state index in [0.29, 0.717) is 19.6 Å². The molecule has 6 heteroatoms. The third-order valence-electron chi connectivity index (χ3n) is 4.60. The van der Waals surface area contributed by atoms with E-state index in [1.165, 1.54) is 0 Å². The summed E-state index contributed by atoms with van der Waals surface area (Å²) in [5.41, 5.74) is 1.76. The molecule has 26 heavy (non-hydrogen) atoms. The minimum atomic E-state index is -0.225. The standard InChI is InChI=1S/C20H22N4O2/c25-20(23-12-16-6-3-4-8-21-16)18-14-24(10-9-22-18)13-17-11-15-5-1-2-7-19(15)26-17/h1-8,11,18,22H,9-10,12-14H2,(H,23,25)/t18-/m1/s1. The second-order valence-electron chi connectivity index (χ2n) is 6.53. The summed E-state index contributed by atoms with van der Waals surface area (Å²) in [5.74, 6) is 0.936. The Hall–Kier alpha value is -2.70. The van der Waals surface area contributed by atoms with Gasteiger partial charge in [0, 0.05) is 31.2 Å². The number of amides is 1. The summed E-state index contributed by atoms with van der Waals surface area (Å²) < 4.78 is 5.90. The maximum atomic E-state index is 12.5. The van der Waals surface area contributed by atoms with Gasteiger partial charge in [0.1, 0.15) is 11.3 Å². The van der Waals surface area contributed by atoms with Gasteiger partial charge in [-0.05, 0) is 24.3 Å². The Morgan fingerprint density at radius 2 is 2.15 bits per heavy atom. The number of aromatic nitrogens is 1. The maximum Gasteiger partial charge on any atom is 0.238 e. The lowest BCUT2D eigenvalue weighted by molar-refractivity contribution is -0.124. The molecule has 0 saturated carbocycles. The van der Waals surface area contributed by atoms with E-state index in [1.807, 2.05) is 42.5 Å². The fraction of sp³-hybridized carbons (Fsp3) is 0.300. The van der Waals surface area contributed by atoms with Crippen molar-refractivity contribution in [3.8, 4) is 0 Å². The van der Waals surface area contributed by atoms with Crippen LogP contribution in [0.5, 0.6) is 0 Å². The van der Waals surface area contributed by atoms with E-state index < -0.39 is 0 Å². The van der Waals surface area contributed by atoms with Crippen LogP contribution in [-0.4, -0.2) is 41.5 Å². The molecule has 1 atom stereocenters. The third kappa shape index (κ3) is 3.92. The van der Waals surface area contributed by atoms with Crippen LogP contribution in [0.25, 0.3) is 11.0 Å². The molecule has 3 heterocycles. The molecule has 1 saturated heterocycles. The Morgan fingerprint density at radius 1 is 1.27 bits per heavy atom. The van der Waals surface area contributed by atoms with Crippen LogP contribution < -0.4 is 10.6 Å². The van der Waals surface area contributed by atoms with E-state index in [0.717, 1.165) is 35.5 Å². The molecule has 3 aromatic rings. The van der Waals surface area contributed by atoms with Crippen LogP contribution in [-0.2, 0) is 17.9 Å². The first kappa shape index (κ1) is 16.8. The smallest absolute Gasteiger partial charge is 0.238 e. The van der Waals surface area contributed by atoms with Gasteiger partial charge in [-0.2, -0.15) is 0 Å². The highest BCUT2D eigenvalue weighted by molar-refractivity contribution is 5.82. The van der Waals surface area contributed by atoms with Crippen molar-refractivity contribution in [3.63, 3.8) is 0 Å². The molecule has 0 bridgehead atoms. The van der Waals surface area contributed by atoms with Crippen molar-refractivity contribution in [1.82, 2.24) is 20.5 Å². The molecule has 1 aromatic carbocycles. The number of pyridine rings is 1. The number of benzene rings is 1. The topological polar surface area (TPSA) is 70.4 Å². The Labute approximate surface area is 152 Å². The minimum Gasteiger partial charge on any atom is -0.460 e. The number of carbonyl (C=O) groups excluding carboxylic acids is 1. The second-order valence-corrected chi connectivity index (χ2v) is 6.53. The average Bonchev–Trinajstić information content (AvgIpc) is 3.09. The predicted molar refractivity (Wildman–Crippen MR) is 99.4 cm³/mol. The van der Waals surface area contributed by atoms with Crippen molar-refractivity contribution < 1.29 is 9.21 Å². The molecule has 4 rings (SSSR count). The van der Waals surface area contributed by atoms with Crippen LogP contribution in [0.2, 0.25) is 0 Å². The lowest BCUT2D eigenvalue weighted by Gasteiger charge is -2.32. The number of rotatable bonds is 5. The Bertz CT molecular complexity index is 845. The molecular formula is C20H22N4O2. The average molecular weight is 350 g/mol. The Kier molecular flexibility index (Phi) is 4.95. The number of hydrogen-bond donors (Lipinski definition) is 2. The molecule has 0 aliphatic carbocycles. The zero-order valence-corrected chi connectivity index (χ0v) is 14.5. The van der Waals surface area contributed by atoms with E-state index in [9.17, 15) is 4.79 Å². The first-order valence-corrected chi connectivity index (χ1v) is 8.89. The van der Waals surface area contributed by atoms with E-state index in [2.05, 4.69) is 26.6 Å². The number of hydrogen-bond acceptors (Lipinski definition) is 5. The van der Waals surface area contributed by atoms with Crippen molar-refractivity contribution in [3.05, 3.63) is 66.2 Å². The van der Waals surface area contributed by atoms with Gasteiger partial charge in [0.05, 0.1) is 24.8 Å². The molecule has 134 valence electrons. The SMILES string of the molecule is O=C(NCc1ccccn1)[C@H]1CN(Cc2cc3ccccc3o2)CCN1. The highest BCUT2D eigenvalue weighted by atomic mass is 16.3. The van der Waals surface area contributed by atoms with Gasteiger partial charge in [-0.1, -0.05) is 24.3 Å². The van der Waals surface area contributed by atoms with Crippen molar-refractivity contribution in [1.29, 1.82) is 0 Å². The maximum absolute atomic E-state index is 12.5. The van der Waals surface area contributed by atoms with Crippen LogP contribution in [0, 0.1) is 0 Å². The molecule has 0 radical (unpaired) electrons. The first-order valence-electron chi connectivity index (χ1n) is 8.89. The Balaban J connectivity index is 1.33. The number of furan rings is 1. The van der Waals surface area contributed by atoms with Crippen molar-refractivity contribution >= 4 is 16.9 Å². The highest BCUT2D eigenvalue weighted by Gasteiger charge is 2.25. The molecule has 0 unspecified atom stereocenters. The normalized spacial score (nSPS) is 18.1.